The van der Waals surface area contributed by atoms with Crippen LogP contribution in [0.1, 0.15) is 72.6 Å². The standard InChI is InChI=1S/C24H32N4O/c29-24(26-14-12-19-6-1-2-7-19)20-10-11-23(27-16-20)21-8-5-15-28(17-21)18-22-9-3-4-13-25-22/h3-4,9-11,13,16,19,21H,1-2,5-8,12,14-15,17-18H2,(H,26,29). The second-order valence-electron chi connectivity index (χ2n) is 8.56. The van der Waals surface area contributed by atoms with Crippen LogP contribution in [0.5, 0.6) is 0 Å². The van der Waals surface area contributed by atoms with E-state index in [-0.39, 0.29) is 5.91 Å². The van der Waals surface area contributed by atoms with Crippen LogP contribution in [0, 0.1) is 5.92 Å². The van der Waals surface area contributed by atoms with Crippen LogP contribution in [0.4, 0.5) is 0 Å². The number of carbonyl (C=O) groups excluding carboxylic acids is 1. The lowest BCUT2D eigenvalue weighted by atomic mass is 9.94. The minimum Gasteiger partial charge on any atom is -0.352 e. The van der Waals surface area contributed by atoms with Crippen LogP contribution in [-0.2, 0) is 6.54 Å². The van der Waals surface area contributed by atoms with Crippen molar-refractivity contribution in [3.8, 4) is 0 Å². The highest BCUT2D eigenvalue weighted by Crippen LogP contribution is 2.27. The maximum atomic E-state index is 12.4. The molecule has 3 heterocycles. The molecule has 1 amide bonds. The van der Waals surface area contributed by atoms with Gasteiger partial charge in [-0.3, -0.25) is 19.7 Å². The summed E-state index contributed by atoms with van der Waals surface area (Å²) in [6.45, 7) is 3.76. The maximum Gasteiger partial charge on any atom is 0.252 e. The third-order valence-corrected chi connectivity index (χ3v) is 6.40. The predicted octanol–water partition coefficient (Wildman–Crippen LogP) is 4.17. The Morgan fingerprint density at radius 2 is 1.97 bits per heavy atom. The molecule has 2 aromatic heterocycles. The molecular formula is C24H32N4O. The summed E-state index contributed by atoms with van der Waals surface area (Å²) in [5, 5.41) is 3.07. The molecule has 2 fully saturated rings. The van der Waals surface area contributed by atoms with Gasteiger partial charge in [-0.15, -0.1) is 0 Å². The van der Waals surface area contributed by atoms with Crippen LogP contribution in [-0.4, -0.2) is 40.4 Å². The van der Waals surface area contributed by atoms with Gasteiger partial charge in [0.25, 0.3) is 5.91 Å². The van der Waals surface area contributed by atoms with E-state index in [1.807, 2.05) is 30.5 Å². The van der Waals surface area contributed by atoms with E-state index in [9.17, 15) is 4.79 Å². The van der Waals surface area contributed by atoms with E-state index in [0.29, 0.717) is 11.5 Å². The topological polar surface area (TPSA) is 58.1 Å². The Hall–Kier alpha value is -2.27. The number of nitrogens with zero attached hydrogens (tertiary/aromatic N) is 3. The lowest BCUT2D eigenvalue weighted by Gasteiger charge is -2.32. The van der Waals surface area contributed by atoms with Crippen LogP contribution in [0.3, 0.4) is 0 Å². The zero-order chi connectivity index (χ0) is 19.9. The monoisotopic (exact) mass is 392 g/mol. The summed E-state index contributed by atoms with van der Waals surface area (Å²) in [5.74, 6) is 1.23. The molecule has 1 unspecified atom stereocenters. The Morgan fingerprint density at radius 3 is 2.72 bits per heavy atom. The first kappa shape index (κ1) is 20.0. The molecule has 2 aromatic rings. The highest BCUT2D eigenvalue weighted by Gasteiger charge is 2.23. The molecule has 5 nitrogen and oxygen atoms in total. The van der Waals surface area contributed by atoms with Crippen LogP contribution in [0.2, 0.25) is 0 Å². The average Bonchev–Trinajstić information content (AvgIpc) is 3.28. The number of nitrogens with one attached hydrogen (secondary N) is 1. The summed E-state index contributed by atoms with van der Waals surface area (Å²) in [6, 6.07) is 10.1. The molecule has 1 N–H and O–H groups in total. The molecule has 1 saturated carbocycles. The van der Waals surface area contributed by atoms with Gasteiger partial charge in [0, 0.05) is 43.6 Å². The Morgan fingerprint density at radius 1 is 1.07 bits per heavy atom. The van der Waals surface area contributed by atoms with Crippen molar-refractivity contribution in [2.24, 2.45) is 5.92 Å². The fraction of sp³-hybridized carbons (Fsp3) is 0.542. The molecule has 0 spiro atoms. The van der Waals surface area contributed by atoms with Crippen molar-refractivity contribution < 1.29 is 4.79 Å². The predicted molar refractivity (Wildman–Crippen MR) is 115 cm³/mol. The van der Waals surface area contributed by atoms with Gasteiger partial charge in [-0.25, -0.2) is 0 Å². The van der Waals surface area contributed by atoms with Gasteiger partial charge in [-0.2, -0.15) is 0 Å². The number of rotatable bonds is 7. The number of pyridine rings is 2. The lowest BCUT2D eigenvalue weighted by Crippen LogP contribution is -2.34. The minimum atomic E-state index is 0.00229. The van der Waals surface area contributed by atoms with Crippen molar-refractivity contribution in [3.63, 3.8) is 0 Å². The van der Waals surface area contributed by atoms with Gasteiger partial charge in [-0.05, 0) is 56.0 Å². The summed E-state index contributed by atoms with van der Waals surface area (Å²) in [5.41, 5.74) is 2.88. The van der Waals surface area contributed by atoms with Gasteiger partial charge in [0.15, 0.2) is 0 Å². The first-order valence-corrected chi connectivity index (χ1v) is 11.1. The second-order valence-corrected chi connectivity index (χ2v) is 8.56. The molecule has 2 aliphatic rings. The molecule has 4 rings (SSSR count). The first-order chi connectivity index (χ1) is 14.3. The van der Waals surface area contributed by atoms with Crippen molar-refractivity contribution >= 4 is 5.91 Å². The normalized spacial score (nSPS) is 20.6. The Balaban J connectivity index is 1.28. The van der Waals surface area contributed by atoms with Crippen molar-refractivity contribution in [1.82, 2.24) is 20.2 Å². The van der Waals surface area contributed by atoms with Crippen molar-refractivity contribution in [2.75, 3.05) is 19.6 Å². The SMILES string of the molecule is O=C(NCCC1CCCC1)c1ccc(C2CCCN(Cc3ccccn3)C2)nc1. The molecular weight excluding hydrogens is 360 g/mol. The summed E-state index contributed by atoms with van der Waals surface area (Å²) in [4.78, 5) is 24.0. The third-order valence-electron chi connectivity index (χ3n) is 6.40. The molecule has 0 aromatic carbocycles. The molecule has 0 radical (unpaired) electrons. The van der Waals surface area contributed by atoms with Gasteiger partial charge in [-0.1, -0.05) is 31.7 Å². The molecule has 29 heavy (non-hydrogen) atoms. The molecule has 5 heteroatoms. The highest BCUT2D eigenvalue weighted by molar-refractivity contribution is 5.93. The van der Waals surface area contributed by atoms with Crippen LogP contribution in [0.25, 0.3) is 0 Å². The van der Waals surface area contributed by atoms with Gasteiger partial charge < -0.3 is 5.32 Å². The van der Waals surface area contributed by atoms with E-state index in [1.165, 1.54) is 32.1 Å². The third kappa shape index (κ3) is 5.63. The number of hydrogen-bond acceptors (Lipinski definition) is 4. The fourth-order valence-corrected chi connectivity index (χ4v) is 4.73. The molecule has 1 saturated heterocycles. The van der Waals surface area contributed by atoms with Gasteiger partial charge in [0.2, 0.25) is 0 Å². The second kappa shape index (κ2) is 9.97. The van der Waals surface area contributed by atoms with Crippen LogP contribution < -0.4 is 5.32 Å². The van der Waals surface area contributed by atoms with E-state index in [1.54, 1.807) is 6.20 Å². The highest BCUT2D eigenvalue weighted by atomic mass is 16.1. The number of hydrogen-bond donors (Lipinski definition) is 1. The van der Waals surface area contributed by atoms with E-state index < -0.39 is 0 Å². The Bertz CT molecular complexity index is 771. The first-order valence-electron chi connectivity index (χ1n) is 11.1. The quantitative estimate of drug-likeness (QED) is 0.768. The number of amides is 1. The molecule has 1 atom stereocenters. The number of likely N-dealkylation sites (tertiary alicyclic amines) is 1. The Labute approximate surface area is 173 Å². The smallest absolute Gasteiger partial charge is 0.252 e. The molecule has 1 aliphatic carbocycles. The van der Waals surface area contributed by atoms with Gasteiger partial charge in [0.05, 0.1) is 11.3 Å². The fourth-order valence-electron chi connectivity index (χ4n) is 4.73. The average molecular weight is 393 g/mol. The minimum absolute atomic E-state index is 0.00229. The zero-order valence-corrected chi connectivity index (χ0v) is 17.2. The molecule has 1 aliphatic heterocycles. The van der Waals surface area contributed by atoms with Crippen molar-refractivity contribution in [1.29, 1.82) is 0 Å². The summed E-state index contributed by atoms with van der Waals surface area (Å²) >= 11 is 0. The van der Waals surface area contributed by atoms with Crippen molar-refractivity contribution in [2.45, 2.75) is 57.4 Å². The largest absolute Gasteiger partial charge is 0.352 e. The molecule has 0 bridgehead atoms. The van der Waals surface area contributed by atoms with E-state index >= 15 is 0 Å². The number of carbonyl (C=O) groups is 1. The molecule has 154 valence electrons. The zero-order valence-electron chi connectivity index (χ0n) is 17.2. The van der Waals surface area contributed by atoms with Crippen LogP contribution >= 0.6 is 0 Å². The summed E-state index contributed by atoms with van der Waals surface area (Å²) < 4.78 is 0. The number of aromatic nitrogens is 2. The van der Waals surface area contributed by atoms with E-state index in [2.05, 4.69) is 26.3 Å². The van der Waals surface area contributed by atoms with Gasteiger partial charge in [0.1, 0.15) is 0 Å². The summed E-state index contributed by atoms with van der Waals surface area (Å²) in [6.07, 6.45) is 12.4. The van der Waals surface area contributed by atoms with E-state index in [0.717, 1.165) is 56.3 Å². The maximum absolute atomic E-state index is 12.4. The van der Waals surface area contributed by atoms with Gasteiger partial charge >= 0.3 is 0 Å². The summed E-state index contributed by atoms with van der Waals surface area (Å²) in [7, 11) is 0. The Kier molecular flexibility index (Phi) is 6.88. The van der Waals surface area contributed by atoms with E-state index in [4.69, 9.17) is 0 Å². The number of piperidine rings is 1. The van der Waals surface area contributed by atoms with Crippen LogP contribution in [0.15, 0.2) is 42.7 Å². The van der Waals surface area contributed by atoms with Crippen molar-refractivity contribution in [3.05, 3.63) is 59.7 Å². The lowest BCUT2D eigenvalue weighted by molar-refractivity contribution is 0.0951.